The molecule has 1 aromatic rings. The number of benzene rings is 1. The first kappa shape index (κ1) is 25.0. The Bertz CT molecular complexity index is 427. The molecule has 2 heteroatoms. The Morgan fingerprint density at radius 1 is 0.607 bits per heavy atom. The molecule has 0 fully saturated rings. The van der Waals surface area contributed by atoms with Crippen molar-refractivity contribution in [1.29, 1.82) is 0 Å². The summed E-state index contributed by atoms with van der Waals surface area (Å²) in [6.45, 7) is 3.31. The van der Waals surface area contributed by atoms with Gasteiger partial charge < -0.3 is 9.84 Å². The average Bonchev–Trinajstić information content (AvgIpc) is 2.72. The van der Waals surface area contributed by atoms with Crippen LogP contribution in [0.5, 0.6) is 5.75 Å². The molecule has 0 heterocycles. The molecule has 0 radical (unpaired) electrons. The van der Waals surface area contributed by atoms with Crippen LogP contribution in [0.1, 0.15) is 115 Å². The van der Waals surface area contributed by atoms with Gasteiger partial charge in [-0.05, 0) is 30.5 Å². The molecule has 0 amide bonds. The van der Waals surface area contributed by atoms with Crippen molar-refractivity contribution in [3.05, 3.63) is 29.8 Å². The van der Waals surface area contributed by atoms with Crippen LogP contribution in [0, 0.1) is 0 Å². The van der Waals surface area contributed by atoms with Crippen LogP contribution in [0.4, 0.5) is 0 Å². The van der Waals surface area contributed by atoms with Crippen molar-refractivity contribution in [3.63, 3.8) is 0 Å². The van der Waals surface area contributed by atoms with Gasteiger partial charge in [0.25, 0.3) is 0 Å². The highest BCUT2D eigenvalue weighted by molar-refractivity contribution is 5.27. The van der Waals surface area contributed by atoms with Crippen LogP contribution < -0.4 is 4.74 Å². The molecule has 0 aliphatic rings. The van der Waals surface area contributed by atoms with Gasteiger partial charge >= 0.3 is 0 Å². The molecule has 0 saturated carbocycles. The molecule has 0 bridgehead atoms. The lowest BCUT2D eigenvalue weighted by atomic mass is 10.0. The van der Waals surface area contributed by atoms with Crippen LogP contribution in [-0.2, 0) is 6.42 Å². The summed E-state index contributed by atoms with van der Waals surface area (Å²) in [5, 5.41) is 8.92. The number of hydrogen-bond donors (Lipinski definition) is 1. The Morgan fingerprint density at radius 2 is 1.04 bits per heavy atom. The van der Waals surface area contributed by atoms with Crippen molar-refractivity contribution in [3.8, 4) is 5.75 Å². The van der Waals surface area contributed by atoms with Crippen molar-refractivity contribution in [2.45, 2.75) is 116 Å². The second-order valence-corrected chi connectivity index (χ2v) is 8.27. The Hall–Kier alpha value is -1.02. The van der Waals surface area contributed by atoms with Crippen molar-refractivity contribution in [2.75, 3.05) is 13.2 Å². The van der Waals surface area contributed by atoms with Gasteiger partial charge in [-0.15, -0.1) is 0 Å². The quantitative estimate of drug-likeness (QED) is 0.230. The van der Waals surface area contributed by atoms with E-state index in [1.165, 1.54) is 96.3 Å². The van der Waals surface area contributed by atoms with Crippen LogP contribution in [0.15, 0.2) is 24.3 Å². The van der Waals surface area contributed by atoms with E-state index in [0.29, 0.717) is 0 Å². The smallest absolute Gasteiger partial charge is 0.119 e. The van der Waals surface area contributed by atoms with Gasteiger partial charge in [-0.25, -0.2) is 0 Å². The molecule has 1 rings (SSSR count). The van der Waals surface area contributed by atoms with Crippen LogP contribution in [0.25, 0.3) is 0 Å². The second kappa shape index (κ2) is 19.3. The van der Waals surface area contributed by atoms with E-state index in [0.717, 1.165) is 30.8 Å². The molecule has 0 atom stereocenters. The summed E-state index contributed by atoms with van der Waals surface area (Å²) in [6, 6.07) is 8.10. The van der Waals surface area contributed by atoms with Gasteiger partial charge in [-0.2, -0.15) is 0 Å². The van der Waals surface area contributed by atoms with E-state index in [2.05, 4.69) is 6.92 Å². The third-order valence-electron chi connectivity index (χ3n) is 5.59. The van der Waals surface area contributed by atoms with Crippen molar-refractivity contribution in [1.82, 2.24) is 0 Å². The van der Waals surface area contributed by atoms with E-state index in [9.17, 15) is 0 Å². The fourth-order valence-corrected chi connectivity index (χ4v) is 3.72. The number of rotatable bonds is 20. The molecule has 2 nitrogen and oxygen atoms in total. The normalized spacial score (nSPS) is 11.1. The number of aliphatic hydroxyl groups excluding tert-OH is 1. The zero-order chi connectivity index (χ0) is 20.1. The number of ether oxygens (including phenoxy) is 1. The highest BCUT2D eigenvalue weighted by atomic mass is 16.5. The minimum Gasteiger partial charge on any atom is -0.494 e. The van der Waals surface area contributed by atoms with Crippen LogP contribution in [-0.4, -0.2) is 18.3 Å². The summed E-state index contributed by atoms with van der Waals surface area (Å²) in [7, 11) is 0. The Balaban J connectivity index is 1.77. The average molecular weight is 391 g/mol. The molecule has 28 heavy (non-hydrogen) atoms. The zero-order valence-corrected chi connectivity index (χ0v) is 18.6. The van der Waals surface area contributed by atoms with E-state index in [-0.39, 0.29) is 6.61 Å². The maximum atomic E-state index is 8.92. The highest BCUT2D eigenvalue weighted by Crippen LogP contribution is 2.15. The first-order valence-corrected chi connectivity index (χ1v) is 12.2. The van der Waals surface area contributed by atoms with E-state index >= 15 is 0 Å². The van der Waals surface area contributed by atoms with Gasteiger partial charge in [0.1, 0.15) is 5.75 Å². The van der Waals surface area contributed by atoms with E-state index in [1.54, 1.807) is 0 Å². The molecule has 0 spiro atoms. The number of unbranched alkanes of at least 4 members (excludes halogenated alkanes) is 15. The van der Waals surface area contributed by atoms with Crippen molar-refractivity contribution < 1.29 is 9.84 Å². The summed E-state index contributed by atoms with van der Waals surface area (Å²) in [5.74, 6) is 0.947. The van der Waals surface area contributed by atoms with Gasteiger partial charge in [0.15, 0.2) is 0 Å². The number of aliphatic hydroxyl groups is 1. The van der Waals surface area contributed by atoms with Crippen molar-refractivity contribution >= 4 is 0 Å². The molecule has 162 valence electrons. The molecule has 0 aliphatic heterocycles. The van der Waals surface area contributed by atoms with Gasteiger partial charge in [0.05, 0.1) is 6.61 Å². The molecular formula is C26H46O2. The van der Waals surface area contributed by atoms with Gasteiger partial charge in [0.2, 0.25) is 0 Å². The minimum absolute atomic E-state index is 0.208. The van der Waals surface area contributed by atoms with Crippen LogP contribution in [0.2, 0.25) is 0 Å². The largest absolute Gasteiger partial charge is 0.494 e. The predicted molar refractivity (Wildman–Crippen MR) is 122 cm³/mol. The fourth-order valence-electron chi connectivity index (χ4n) is 3.72. The molecule has 0 aromatic heterocycles. The lowest BCUT2D eigenvalue weighted by Gasteiger charge is -2.07. The van der Waals surface area contributed by atoms with Crippen molar-refractivity contribution in [2.24, 2.45) is 0 Å². The molecule has 1 aromatic carbocycles. The Kier molecular flexibility index (Phi) is 17.2. The SMILES string of the molecule is CCCCCCCCCCCCCCCCCCOc1ccc(CCO)cc1. The standard InChI is InChI=1S/C26H46O2/c1-2-3-4-5-6-7-8-9-10-11-12-13-14-15-16-17-24-28-26-20-18-25(19-21-26)22-23-27/h18-21,27H,2-17,22-24H2,1H3. The maximum absolute atomic E-state index is 8.92. The highest BCUT2D eigenvalue weighted by Gasteiger charge is 1.97. The Morgan fingerprint density at radius 3 is 1.46 bits per heavy atom. The monoisotopic (exact) mass is 390 g/mol. The summed E-state index contributed by atoms with van der Waals surface area (Å²) in [4.78, 5) is 0. The first-order valence-electron chi connectivity index (χ1n) is 12.2. The molecule has 0 saturated heterocycles. The second-order valence-electron chi connectivity index (χ2n) is 8.27. The maximum Gasteiger partial charge on any atom is 0.119 e. The zero-order valence-electron chi connectivity index (χ0n) is 18.6. The lowest BCUT2D eigenvalue weighted by molar-refractivity contribution is 0.298. The summed E-state index contributed by atoms with van der Waals surface area (Å²) >= 11 is 0. The predicted octanol–water partition coefficient (Wildman–Crippen LogP) is 7.86. The first-order chi connectivity index (χ1) is 13.9. The molecule has 0 aliphatic carbocycles. The summed E-state index contributed by atoms with van der Waals surface area (Å²) < 4.78 is 5.80. The van der Waals surface area contributed by atoms with E-state index < -0.39 is 0 Å². The summed E-state index contributed by atoms with van der Waals surface area (Å²) in [6.07, 6.45) is 23.1. The topological polar surface area (TPSA) is 29.5 Å². The van der Waals surface area contributed by atoms with Crippen LogP contribution >= 0.6 is 0 Å². The fraction of sp³-hybridized carbons (Fsp3) is 0.769. The van der Waals surface area contributed by atoms with Gasteiger partial charge in [-0.1, -0.05) is 115 Å². The molecular weight excluding hydrogens is 344 g/mol. The van der Waals surface area contributed by atoms with E-state index in [4.69, 9.17) is 9.84 Å². The lowest BCUT2D eigenvalue weighted by Crippen LogP contribution is -1.98. The molecule has 0 unspecified atom stereocenters. The number of hydrogen-bond acceptors (Lipinski definition) is 2. The third-order valence-corrected chi connectivity index (χ3v) is 5.59. The van der Waals surface area contributed by atoms with Crippen LogP contribution in [0.3, 0.4) is 0 Å². The van der Waals surface area contributed by atoms with E-state index in [1.807, 2.05) is 24.3 Å². The third kappa shape index (κ3) is 15.0. The van der Waals surface area contributed by atoms with Gasteiger partial charge in [-0.3, -0.25) is 0 Å². The minimum atomic E-state index is 0.208. The Labute approximate surface area is 175 Å². The van der Waals surface area contributed by atoms with Gasteiger partial charge in [0, 0.05) is 6.61 Å². The summed E-state index contributed by atoms with van der Waals surface area (Å²) in [5.41, 5.74) is 1.16. The molecule has 1 N–H and O–H groups in total.